The SMILES string of the molecule is COc1nc(N)nc(Oc2cc([N+](=O)[O-])c(C)cc2C)n1. The van der Waals surface area contributed by atoms with E-state index in [1.165, 1.54) is 13.2 Å². The van der Waals surface area contributed by atoms with Crippen LogP contribution in [0.4, 0.5) is 11.6 Å². The Bertz CT molecular complexity index is 704. The van der Waals surface area contributed by atoms with E-state index in [9.17, 15) is 10.1 Å². The minimum absolute atomic E-state index is 0.00300. The number of nitro groups is 1. The Kier molecular flexibility index (Phi) is 3.83. The van der Waals surface area contributed by atoms with Crippen LogP contribution in [0.15, 0.2) is 12.1 Å². The molecule has 0 radical (unpaired) electrons. The highest BCUT2D eigenvalue weighted by Gasteiger charge is 2.16. The Hall–Kier alpha value is -2.97. The van der Waals surface area contributed by atoms with Gasteiger partial charge in [-0.05, 0) is 25.5 Å². The normalized spacial score (nSPS) is 10.2. The van der Waals surface area contributed by atoms with Crippen molar-refractivity contribution in [1.29, 1.82) is 0 Å². The maximum Gasteiger partial charge on any atom is 0.330 e. The number of hydrogen-bond acceptors (Lipinski definition) is 8. The molecule has 1 heterocycles. The van der Waals surface area contributed by atoms with Gasteiger partial charge in [0.2, 0.25) is 5.95 Å². The van der Waals surface area contributed by atoms with Crippen LogP contribution >= 0.6 is 0 Å². The standard InChI is InChI=1S/C12H13N5O4/c1-6-4-7(2)9(5-8(6)17(18)19)21-12-15-10(13)14-11(16-12)20-3/h4-5H,1-3H3,(H2,13,14,15,16). The summed E-state index contributed by atoms with van der Waals surface area (Å²) in [4.78, 5) is 21.9. The number of ether oxygens (including phenoxy) is 2. The van der Waals surface area contributed by atoms with Gasteiger partial charge >= 0.3 is 12.0 Å². The second-order valence-electron chi connectivity index (χ2n) is 4.23. The molecule has 0 atom stereocenters. The van der Waals surface area contributed by atoms with Gasteiger partial charge in [0.05, 0.1) is 18.1 Å². The lowest BCUT2D eigenvalue weighted by Gasteiger charge is -2.09. The molecule has 0 saturated heterocycles. The molecule has 0 saturated carbocycles. The predicted molar refractivity (Wildman–Crippen MR) is 73.4 cm³/mol. The third-order valence-electron chi connectivity index (χ3n) is 2.69. The van der Waals surface area contributed by atoms with E-state index in [-0.39, 0.29) is 29.4 Å². The lowest BCUT2D eigenvalue weighted by molar-refractivity contribution is -0.385. The third kappa shape index (κ3) is 3.14. The first kappa shape index (κ1) is 14.4. The Morgan fingerprint density at radius 2 is 1.81 bits per heavy atom. The van der Waals surface area contributed by atoms with Crippen molar-refractivity contribution in [2.24, 2.45) is 0 Å². The number of anilines is 1. The van der Waals surface area contributed by atoms with Crippen LogP contribution in [-0.2, 0) is 0 Å². The summed E-state index contributed by atoms with van der Waals surface area (Å²) in [5, 5.41) is 11.0. The van der Waals surface area contributed by atoms with Crippen LogP contribution in [0.5, 0.6) is 17.8 Å². The fraction of sp³-hybridized carbons (Fsp3) is 0.250. The highest BCUT2D eigenvalue weighted by molar-refractivity contribution is 5.50. The molecular weight excluding hydrogens is 278 g/mol. The monoisotopic (exact) mass is 291 g/mol. The topological polar surface area (TPSA) is 126 Å². The summed E-state index contributed by atoms with van der Waals surface area (Å²) in [6, 6.07) is 2.86. The first-order valence-electron chi connectivity index (χ1n) is 5.89. The second kappa shape index (κ2) is 5.57. The molecule has 0 aliphatic carbocycles. The van der Waals surface area contributed by atoms with Gasteiger partial charge in [-0.1, -0.05) is 0 Å². The van der Waals surface area contributed by atoms with Crippen molar-refractivity contribution in [2.45, 2.75) is 13.8 Å². The van der Waals surface area contributed by atoms with E-state index < -0.39 is 4.92 Å². The van der Waals surface area contributed by atoms with Crippen molar-refractivity contribution in [3.05, 3.63) is 33.4 Å². The molecule has 0 amide bonds. The predicted octanol–water partition coefficient (Wildman–Crippen LogP) is 1.78. The van der Waals surface area contributed by atoms with Gasteiger partial charge in [-0.25, -0.2) is 0 Å². The average molecular weight is 291 g/mol. The molecule has 2 rings (SSSR count). The van der Waals surface area contributed by atoms with Crippen LogP contribution in [0.1, 0.15) is 11.1 Å². The molecule has 1 aromatic carbocycles. The van der Waals surface area contributed by atoms with Crippen LogP contribution in [0.25, 0.3) is 0 Å². The van der Waals surface area contributed by atoms with Crippen molar-refractivity contribution < 1.29 is 14.4 Å². The molecule has 9 heteroatoms. The van der Waals surface area contributed by atoms with Crippen molar-refractivity contribution in [1.82, 2.24) is 15.0 Å². The molecule has 9 nitrogen and oxygen atoms in total. The van der Waals surface area contributed by atoms with Crippen molar-refractivity contribution in [3.63, 3.8) is 0 Å². The summed E-state index contributed by atoms with van der Waals surface area (Å²) >= 11 is 0. The number of nitrogens with two attached hydrogens (primary N) is 1. The van der Waals surface area contributed by atoms with Gasteiger partial charge in [-0.3, -0.25) is 10.1 Å². The lowest BCUT2D eigenvalue weighted by Crippen LogP contribution is -2.03. The van der Waals surface area contributed by atoms with Gasteiger partial charge in [0.15, 0.2) is 0 Å². The van der Waals surface area contributed by atoms with Gasteiger partial charge in [0, 0.05) is 5.56 Å². The largest absolute Gasteiger partial charge is 0.467 e. The van der Waals surface area contributed by atoms with Crippen molar-refractivity contribution in [3.8, 4) is 17.8 Å². The van der Waals surface area contributed by atoms with Gasteiger partial charge < -0.3 is 15.2 Å². The number of benzene rings is 1. The molecule has 0 bridgehead atoms. The first-order valence-corrected chi connectivity index (χ1v) is 5.89. The van der Waals surface area contributed by atoms with Crippen molar-refractivity contribution >= 4 is 11.6 Å². The smallest absolute Gasteiger partial charge is 0.330 e. The quantitative estimate of drug-likeness (QED) is 0.667. The number of aromatic nitrogens is 3. The van der Waals surface area contributed by atoms with Crippen LogP contribution < -0.4 is 15.2 Å². The fourth-order valence-electron chi connectivity index (χ4n) is 1.72. The second-order valence-corrected chi connectivity index (χ2v) is 4.23. The number of rotatable bonds is 4. The molecule has 0 spiro atoms. The number of nitrogen functional groups attached to an aromatic ring is 1. The summed E-state index contributed by atoms with van der Waals surface area (Å²) in [6.07, 6.45) is 0. The maximum absolute atomic E-state index is 11.0. The lowest BCUT2D eigenvalue weighted by atomic mass is 10.1. The number of nitrogens with zero attached hydrogens (tertiary/aromatic N) is 4. The summed E-state index contributed by atoms with van der Waals surface area (Å²) < 4.78 is 10.3. The maximum atomic E-state index is 11.0. The zero-order valence-corrected chi connectivity index (χ0v) is 11.7. The van der Waals surface area contributed by atoms with E-state index >= 15 is 0 Å². The van der Waals surface area contributed by atoms with Crippen molar-refractivity contribution in [2.75, 3.05) is 12.8 Å². The van der Waals surface area contributed by atoms with Gasteiger partial charge in [-0.2, -0.15) is 9.97 Å². The van der Waals surface area contributed by atoms with E-state index in [1.807, 2.05) is 0 Å². The number of hydrogen-bond donors (Lipinski definition) is 1. The molecule has 2 N–H and O–H groups in total. The summed E-state index contributed by atoms with van der Waals surface area (Å²) in [7, 11) is 1.38. The van der Waals surface area contributed by atoms with Gasteiger partial charge in [-0.15, -0.1) is 4.98 Å². The van der Waals surface area contributed by atoms with Crippen LogP contribution in [0.3, 0.4) is 0 Å². The van der Waals surface area contributed by atoms with E-state index in [4.69, 9.17) is 15.2 Å². The molecule has 0 aliphatic heterocycles. The Morgan fingerprint density at radius 1 is 1.14 bits per heavy atom. The van der Waals surface area contributed by atoms with E-state index in [0.717, 1.165) is 0 Å². The van der Waals surface area contributed by atoms with E-state index in [2.05, 4.69) is 15.0 Å². The molecule has 1 aromatic heterocycles. The van der Waals surface area contributed by atoms with Gasteiger partial charge in [0.25, 0.3) is 5.69 Å². The fourth-order valence-corrected chi connectivity index (χ4v) is 1.72. The molecule has 0 fully saturated rings. The average Bonchev–Trinajstić information content (AvgIpc) is 2.40. The minimum Gasteiger partial charge on any atom is -0.467 e. The minimum atomic E-state index is -0.482. The van der Waals surface area contributed by atoms with Gasteiger partial charge in [0.1, 0.15) is 5.75 Å². The third-order valence-corrected chi connectivity index (χ3v) is 2.69. The van der Waals surface area contributed by atoms with E-state index in [1.54, 1.807) is 19.9 Å². The number of nitro benzene ring substituents is 1. The Labute approximate surface area is 119 Å². The van der Waals surface area contributed by atoms with Crippen LogP contribution in [0, 0.1) is 24.0 Å². The summed E-state index contributed by atoms with van der Waals surface area (Å²) in [6.45, 7) is 3.41. The summed E-state index contributed by atoms with van der Waals surface area (Å²) in [5.41, 5.74) is 6.69. The molecule has 2 aromatic rings. The molecule has 21 heavy (non-hydrogen) atoms. The molecule has 110 valence electrons. The number of aryl methyl sites for hydroxylation is 2. The molecular formula is C12H13N5O4. The van der Waals surface area contributed by atoms with E-state index in [0.29, 0.717) is 11.1 Å². The highest BCUT2D eigenvalue weighted by Crippen LogP contribution is 2.30. The van der Waals surface area contributed by atoms with Crippen LogP contribution in [0.2, 0.25) is 0 Å². The van der Waals surface area contributed by atoms with Crippen LogP contribution in [-0.4, -0.2) is 27.0 Å². The Morgan fingerprint density at radius 3 is 2.43 bits per heavy atom. The zero-order chi connectivity index (χ0) is 15.6. The first-order chi connectivity index (χ1) is 9.90. The Balaban J connectivity index is 2.41. The number of methoxy groups -OCH3 is 1. The molecule has 0 unspecified atom stereocenters. The molecule has 0 aliphatic rings. The highest BCUT2D eigenvalue weighted by atomic mass is 16.6. The zero-order valence-electron chi connectivity index (χ0n) is 11.7. The summed E-state index contributed by atoms with van der Waals surface area (Å²) in [5.74, 6) is 0.191.